The molecule has 230 valence electrons. The summed E-state index contributed by atoms with van der Waals surface area (Å²) in [6.07, 6.45) is 1.60. The molecule has 3 aromatic carbocycles. The van der Waals surface area contributed by atoms with Crippen LogP contribution < -0.4 is 10.6 Å². The fourth-order valence-corrected chi connectivity index (χ4v) is 5.73. The lowest BCUT2D eigenvalue weighted by atomic mass is 10.0. The van der Waals surface area contributed by atoms with Crippen molar-refractivity contribution in [2.24, 2.45) is 7.05 Å². The molecule has 0 saturated carbocycles. The molecule has 0 bridgehead atoms. The van der Waals surface area contributed by atoms with E-state index < -0.39 is 24.3 Å². The summed E-state index contributed by atoms with van der Waals surface area (Å²) in [6, 6.07) is 23.0. The second-order valence-electron chi connectivity index (χ2n) is 10.4. The van der Waals surface area contributed by atoms with Gasteiger partial charge in [0.05, 0.1) is 25.9 Å². The van der Waals surface area contributed by atoms with Crippen molar-refractivity contribution in [3.63, 3.8) is 0 Å². The lowest BCUT2D eigenvalue weighted by Gasteiger charge is -2.36. The van der Waals surface area contributed by atoms with Gasteiger partial charge in [0.1, 0.15) is 12.4 Å². The number of ether oxygens (including phenoxy) is 3. The number of carbonyl (C=O) groups is 2. The molecule has 1 aliphatic rings. The van der Waals surface area contributed by atoms with Crippen LogP contribution in [-0.4, -0.2) is 56.9 Å². The summed E-state index contributed by atoms with van der Waals surface area (Å²) in [4.78, 5) is 25.1. The van der Waals surface area contributed by atoms with Gasteiger partial charge in [0.15, 0.2) is 11.4 Å². The summed E-state index contributed by atoms with van der Waals surface area (Å²) >= 11 is 1.57. The Morgan fingerprint density at radius 3 is 2.41 bits per heavy atom. The highest BCUT2D eigenvalue weighted by atomic mass is 32.2. The smallest absolute Gasteiger partial charge is 0.328 e. The lowest BCUT2D eigenvalue weighted by Crippen LogP contribution is -2.45. The zero-order chi connectivity index (χ0) is 30.9. The highest BCUT2D eigenvalue weighted by Gasteiger charge is 2.32. The number of nitrogens with one attached hydrogen (secondary N) is 2. The zero-order valence-electron chi connectivity index (χ0n) is 24.5. The van der Waals surface area contributed by atoms with Crippen molar-refractivity contribution in [1.82, 2.24) is 20.1 Å². The number of nitrogens with zero attached hydrogens (tertiary/aromatic N) is 3. The minimum atomic E-state index is -0.842. The molecule has 4 atom stereocenters. The minimum absolute atomic E-state index is 0.0245. The molecule has 11 nitrogen and oxygen atoms in total. The number of urea groups is 1. The fourth-order valence-electron chi connectivity index (χ4n) is 4.83. The van der Waals surface area contributed by atoms with E-state index in [4.69, 9.17) is 14.2 Å². The van der Waals surface area contributed by atoms with Crippen molar-refractivity contribution in [2.45, 2.75) is 49.1 Å². The number of carbonyl (C=O) groups excluding carboxylic acids is 2. The molecule has 44 heavy (non-hydrogen) atoms. The van der Waals surface area contributed by atoms with Crippen LogP contribution in [0.3, 0.4) is 0 Å². The maximum Gasteiger partial charge on any atom is 0.328 e. The Labute approximate surface area is 259 Å². The molecule has 1 aromatic heterocycles. The standard InChI is InChI=1S/C32H35N5O6S/c1-37-20-33-36-32(37)44-19-26-17-28(23-10-8-22(18-38)9-11-23)43-30(42-26)24-12-14-25(15-13-24)34-31(40)35-27(29(39)41-2)16-21-6-4-3-5-7-21/h3-15,20,26-28,30,38H,16-19H2,1-2H3,(H2,34,35,40). The second-order valence-corrected chi connectivity index (χ2v) is 11.4. The second kappa shape index (κ2) is 15.0. The Morgan fingerprint density at radius 1 is 1.02 bits per heavy atom. The Kier molecular flexibility index (Phi) is 10.6. The first-order chi connectivity index (χ1) is 21.4. The molecule has 1 fully saturated rings. The molecule has 3 N–H and O–H groups in total. The number of thioether (sulfide) groups is 1. The Balaban J connectivity index is 1.25. The Hall–Kier alpha value is -4.23. The van der Waals surface area contributed by atoms with Crippen molar-refractivity contribution in [2.75, 3.05) is 18.2 Å². The summed E-state index contributed by atoms with van der Waals surface area (Å²) in [7, 11) is 3.19. The summed E-state index contributed by atoms with van der Waals surface area (Å²) in [6.45, 7) is -0.0245. The molecule has 2 heterocycles. The monoisotopic (exact) mass is 617 g/mol. The van der Waals surface area contributed by atoms with Crippen LogP contribution in [0.4, 0.5) is 10.5 Å². The summed E-state index contributed by atoms with van der Waals surface area (Å²) in [5.41, 5.74) is 4.05. The van der Waals surface area contributed by atoms with Crippen molar-refractivity contribution in [3.05, 3.63) is 107 Å². The van der Waals surface area contributed by atoms with Crippen LogP contribution in [0.25, 0.3) is 0 Å². The maximum absolute atomic E-state index is 12.8. The minimum Gasteiger partial charge on any atom is -0.467 e. The third-order valence-electron chi connectivity index (χ3n) is 7.20. The summed E-state index contributed by atoms with van der Waals surface area (Å²) in [5, 5.41) is 23.9. The predicted octanol–water partition coefficient (Wildman–Crippen LogP) is 4.55. The van der Waals surface area contributed by atoms with E-state index in [9.17, 15) is 14.7 Å². The first-order valence-corrected chi connectivity index (χ1v) is 15.2. The summed E-state index contributed by atoms with van der Waals surface area (Å²) < 4.78 is 19.6. The van der Waals surface area contributed by atoms with Crippen LogP contribution >= 0.6 is 11.8 Å². The van der Waals surface area contributed by atoms with Gasteiger partial charge in [-0.05, 0) is 28.8 Å². The van der Waals surface area contributed by atoms with Crippen LogP contribution in [0.1, 0.15) is 41.1 Å². The molecule has 2 amide bonds. The van der Waals surface area contributed by atoms with Crippen LogP contribution in [0.5, 0.6) is 0 Å². The van der Waals surface area contributed by atoms with Gasteiger partial charge in [-0.15, -0.1) is 10.2 Å². The molecule has 1 aliphatic heterocycles. The largest absolute Gasteiger partial charge is 0.467 e. The maximum atomic E-state index is 12.8. The van der Waals surface area contributed by atoms with E-state index in [1.807, 2.05) is 78.3 Å². The van der Waals surface area contributed by atoms with Gasteiger partial charge in [-0.1, -0.05) is 78.5 Å². The SMILES string of the molecule is COC(=O)C(Cc1ccccc1)NC(=O)Nc1ccc(C2OC(CSc3nncn3C)CC(c3ccc(CO)cc3)O2)cc1. The fraction of sp³-hybridized carbons (Fsp3) is 0.312. The van der Waals surface area contributed by atoms with Gasteiger partial charge in [0.2, 0.25) is 0 Å². The number of aromatic nitrogens is 3. The van der Waals surface area contributed by atoms with Crippen LogP contribution in [-0.2, 0) is 39.1 Å². The third kappa shape index (κ3) is 8.23. The number of hydrogen-bond donors (Lipinski definition) is 3. The van der Waals surface area contributed by atoms with Crippen molar-refractivity contribution in [1.29, 1.82) is 0 Å². The predicted molar refractivity (Wildman–Crippen MR) is 165 cm³/mol. The number of esters is 1. The molecular weight excluding hydrogens is 582 g/mol. The quantitative estimate of drug-likeness (QED) is 0.164. The Morgan fingerprint density at radius 2 is 1.75 bits per heavy atom. The van der Waals surface area contributed by atoms with Crippen LogP contribution in [0.15, 0.2) is 90.3 Å². The highest BCUT2D eigenvalue weighted by molar-refractivity contribution is 7.99. The molecule has 4 aromatic rings. The van der Waals surface area contributed by atoms with E-state index in [1.54, 1.807) is 30.2 Å². The average molecular weight is 618 g/mol. The van der Waals surface area contributed by atoms with E-state index in [-0.39, 0.29) is 18.8 Å². The van der Waals surface area contributed by atoms with Gasteiger partial charge >= 0.3 is 12.0 Å². The molecule has 0 spiro atoms. The van der Waals surface area contributed by atoms with Gasteiger partial charge in [-0.2, -0.15) is 0 Å². The number of aliphatic hydroxyl groups excluding tert-OH is 1. The Bertz CT molecular complexity index is 1520. The molecule has 0 radical (unpaired) electrons. The van der Waals surface area contributed by atoms with Crippen molar-refractivity contribution < 1.29 is 28.9 Å². The van der Waals surface area contributed by atoms with Gasteiger partial charge in [0, 0.05) is 36.9 Å². The van der Waals surface area contributed by atoms with Gasteiger partial charge in [-0.3, -0.25) is 0 Å². The average Bonchev–Trinajstić information content (AvgIpc) is 3.48. The number of methoxy groups -OCH3 is 1. The van der Waals surface area contributed by atoms with E-state index in [0.717, 1.165) is 27.4 Å². The van der Waals surface area contributed by atoms with E-state index in [1.165, 1.54) is 7.11 Å². The first kappa shape index (κ1) is 31.2. The number of aryl methyl sites for hydroxylation is 1. The number of hydrogen-bond acceptors (Lipinski definition) is 9. The van der Waals surface area contributed by atoms with Gasteiger partial charge < -0.3 is 34.5 Å². The van der Waals surface area contributed by atoms with Gasteiger partial charge in [-0.25, -0.2) is 9.59 Å². The van der Waals surface area contributed by atoms with Crippen LogP contribution in [0, 0.1) is 0 Å². The zero-order valence-corrected chi connectivity index (χ0v) is 25.3. The topological polar surface area (TPSA) is 137 Å². The van der Waals surface area contributed by atoms with Crippen molar-refractivity contribution >= 4 is 29.4 Å². The molecule has 5 rings (SSSR count). The van der Waals surface area contributed by atoms with Gasteiger partial charge in [0.25, 0.3) is 0 Å². The normalized spacial score (nSPS) is 18.8. The van der Waals surface area contributed by atoms with Crippen LogP contribution in [0.2, 0.25) is 0 Å². The van der Waals surface area contributed by atoms with E-state index >= 15 is 0 Å². The van der Waals surface area contributed by atoms with E-state index in [2.05, 4.69) is 20.8 Å². The van der Waals surface area contributed by atoms with Crippen molar-refractivity contribution in [3.8, 4) is 0 Å². The first-order valence-electron chi connectivity index (χ1n) is 14.2. The molecule has 0 aliphatic carbocycles. The number of benzene rings is 3. The number of rotatable bonds is 11. The lowest BCUT2D eigenvalue weighted by molar-refractivity contribution is -0.245. The summed E-state index contributed by atoms with van der Waals surface area (Å²) in [5.74, 6) is 0.125. The van der Waals surface area contributed by atoms with E-state index in [0.29, 0.717) is 24.3 Å². The molecule has 4 unspecified atom stereocenters. The number of amides is 2. The number of aliphatic hydroxyl groups is 1. The molecule has 12 heteroatoms. The highest BCUT2D eigenvalue weighted by Crippen LogP contribution is 2.39. The third-order valence-corrected chi connectivity index (χ3v) is 8.36. The molecule has 1 saturated heterocycles. The molecular formula is C32H35N5O6S. The number of anilines is 1.